The van der Waals surface area contributed by atoms with Gasteiger partial charge in [-0.3, -0.25) is 4.79 Å². The topological polar surface area (TPSA) is 98.1 Å². The minimum atomic E-state index is -0.555. The Bertz CT molecular complexity index is 405. The molecule has 1 saturated heterocycles. The van der Waals surface area contributed by atoms with E-state index in [1.54, 1.807) is 12.1 Å². The molecule has 1 aromatic rings. The first-order valence-electron chi connectivity index (χ1n) is 6.32. The second kappa shape index (κ2) is 5.77. The molecule has 1 aliphatic rings. The summed E-state index contributed by atoms with van der Waals surface area (Å²) < 4.78 is 0. The summed E-state index contributed by atoms with van der Waals surface area (Å²) in [5, 5.41) is 7.93. The molecular formula is C12H19N5O. The van der Waals surface area contributed by atoms with Gasteiger partial charge in [-0.25, -0.2) is 0 Å². The molecule has 0 spiro atoms. The van der Waals surface area contributed by atoms with E-state index >= 15 is 0 Å². The number of carbonyl (C=O) groups is 1. The Morgan fingerprint density at radius 1 is 1.33 bits per heavy atom. The van der Waals surface area contributed by atoms with E-state index < -0.39 is 5.91 Å². The highest BCUT2D eigenvalue weighted by Gasteiger charge is 2.21. The van der Waals surface area contributed by atoms with Crippen molar-refractivity contribution >= 4 is 11.7 Å². The quantitative estimate of drug-likeness (QED) is 0.802. The standard InChI is InChI=1S/C12H19N5O/c13-8-9-4-2-1-3-7-17(9)11-6-5-10(12(14)18)15-16-11/h5-6,9H,1-4,7-8,13H2,(H2,14,18). The van der Waals surface area contributed by atoms with E-state index in [1.165, 1.54) is 12.8 Å². The number of nitrogens with zero attached hydrogens (tertiary/aromatic N) is 3. The fraction of sp³-hybridized carbons (Fsp3) is 0.583. The van der Waals surface area contributed by atoms with Gasteiger partial charge in [-0.1, -0.05) is 12.8 Å². The fourth-order valence-corrected chi connectivity index (χ4v) is 2.33. The van der Waals surface area contributed by atoms with E-state index in [2.05, 4.69) is 15.1 Å². The van der Waals surface area contributed by atoms with E-state index in [9.17, 15) is 4.79 Å². The zero-order valence-corrected chi connectivity index (χ0v) is 10.4. The monoisotopic (exact) mass is 249 g/mol. The molecule has 0 aliphatic carbocycles. The summed E-state index contributed by atoms with van der Waals surface area (Å²) in [7, 11) is 0. The van der Waals surface area contributed by atoms with E-state index in [1.807, 2.05) is 0 Å². The van der Waals surface area contributed by atoms with Gasteiger partial charge in [0.15, 0.2) is 11.5 Å². The van der Waals surface area contributed by atoms with Crippen LogP contribution in [0, 0.1) is 0 Å². The Morgan fingerprint density at radius 3 is 2.78 bits per heavy atom. The van der Waals surface area contributed by atoms with Gasteiger partial charge >= 0.3 is 0 Å². The lowest BCUT2D eigenvalue weighted by Gasteiger charge is -2.29. The third kappa shape index (κ3) is 2.76. The molecule has 2 rings (SSSR count). The number of hydrogen-bond donors (Lipinski definition) is 2. The van der Waals surface area contributed by atoms with E-state index in [-0.39, 0.29) is 5.69 Å². The van der Waals surface area contributed by atoms with Crippen LogP contribution in [0.5, 0.6) is 0 Å². The molecule has 0 aromatic carbocycles. The van der Waals surface area contributed by atoms with Crippen LogP contribution in [0.25, 0.3) is 0 Å². The van der Waals surface area contributed by atoms with Crippen LogP contribution < -0.4 is 16.4 Å². The molecule has 1 aliphatic heterocycles. The van der Waals surface area contributed by atoms with Crippen LogP contribution >= 0.6 is 0 Å². The normalized spacial score (nSPS) is 20.5. The van der Waals surface area contributed by atoms with Gasteiger partial charge in [0.1, 0.15) is 0 Å². The lowest BCUT2D eigenvalue weighted by atomic mass is 10.1. The van der Waals surface area contributed by atoms with E-state index in [0.717, 1.165) is 25.2 Å². The van der Waals surface area contributed by atoms with Crippen molar-refractivity contribution in [3.63, 3.8) is 0 Å². The lowest BCUT2D eigenvalue weighted by Crippen LogP contribution is -2.41. The van der Waals surface area contributed by atoms with Gasteiger partial charge in [0, 0.05) is 19.1 Å². The smallest absolute Gasteiger partial charge is 0.269 e. The molecule has 6 nitrogen and oxygen atoms in total. The van der Waals surface area contributed by atoms with Crippen molar-refractivity contribution in [2.24, 2.45) is 11.5 Å². The molecule has 6 heteroatoms. The number of rotatable bonds is 3. The molecule has 1 unspecified atom stereocenters. The van der Waals surface area contributed by atoms with Crippen molar-refractivity contribution in [2.75, 3.05) is 18.0 Å². The van der Waals surface area contributed by atoms with Crippen LogP contribution in [-0.4, -0.2) is 35.2 Å². The molecule has 0 saturated carbocycles. The first-order valence-corrected chi connectivity index (χ1v) is 6.32. The molecule has 4 N–H and O–H groups in total. The molecule has 1 atom stereocenters. The van der Waals surface area contributed by atoms with Gasteiger partial charge in [0.2, 0.25) is 0 Å². The number of carbonyl (C=O) groups excluding carboxylic acids is 1. The fourth-order valence-electron chi connectivity index (χ4n) is 2.33. The summed E-state index contributed by atoms with van der Waals surface area (Å²) >= 11 is 0. The molecule has 1 fully saturated rings. The Labute approximate surface area is 106 Å². The SMILES string of the molecule is NCC1CCCCCN1c1ccc(C(N)=O)nn1. The summed E-state index contributed by atoms with van der Waals surface area (Å²) in [6, 6.07) is 3.71. The highest BCUT2D eigenvalue weighted by atomic mass is 16.1. The van der Waals surface area contributed by atoms with Crippen molar-refractivity contribution in [3.8, 4) is 0 Å². The van der Waals surface area contributed by atoms with Crippen molar-refractivity contribution in [1.29, 1.82) is 0 Å². The third-order valence-electron chi connectivity index (χ3n) is 3.35. The number of anilines is 1. The number of aromatic nitrogens is 2. The predicted octanol–water partition coefficient (Wildman–Crippen LogP) is 0.283. The molecule has 1 amide bonds. The van der Waals surface area contributed by atoms with Crippen molar-refractivity contribution in [3.05, 3.63) is 17.8 Å². The number of primary amides is 1. The summed E-state index contributed by atoms with van der Waals surface area (Å²) in [4.78, 5) is 13.1. The average Bonchev–Trinajstić information content (AvgIpc) is 2.63. The molecule has 2 heterocycles. The minimum Gasteiger partial charge on any atom is -0.364 e. The highest BCUT2D eigenvalue weighted by Crippen LogP contribution is 2.21. The molecule has 0 radical (unpaired) electrons. The van der Waals surface area contributed by atoms with Crippen molar-refractivity contribution in [2.45, 2.75) is 31.7 Å². The maximum atomic E-state index is 11.0. The minimum absolute atomic E-state index is 0.192. The van der Waals surface area contributed by atoms with Crippen molar-refractivity contribution in [1.82, 2.24) is 10.2 Å². The lowest BCUT2D eigenvalue weighted by molar-refractivity contribution is 0.0994. The second-order valence-electron chi connectivity index (χ2n) is 4.57. The maximum Gasteiger partial charge on any atom is 0.269 e. The van der Waals surface area contributed by atoms with Crippen LogP contribution in [0.3, 0.4) is 0 Å². The van der Waals surface area contributed by atoms with Crippen LogP contribution in [0.4, 0.5) is 5.82 Å². The molecule has 18 heavy (non-hydrogen) atoms. The zero-order valence-electron chi connectivity index (χ0n) is 10.4. The second-order valence-corrected chi connectivity index (χ2v) is 4.57. The predicted molar refractivity (Wildman–Crippen MR) is 69.2 cm³/mol. The summed E-state index contributed by atoms with van der Waals surface area (Å²) in [6.07, 6.45) is 4.64. The van der Waals surface area contributed by atoms with Gasteiger partial charge in [0.25, 0.3) is 5.91 Å². The van der Waals surface area contributed by atoms with Crippen LogP contribution in [-0.2, 0) is 0 Å². The molecule has 98 valence electrons. The summed E-state index contributed by atoms with van der Waals surface area (Å²) in [5.74, 6) is 0.220. The average molecular weight is 249 g/mol. The maximum absolute atomic E-state index is 11.0. The van der Waals surface area contributed by atoms with E-state index in [4.69, 9.17) is 11.5 Å². The van der Waals surface area contributed by atoms with Crippen LogP contribution in [0.15, 0.2) is 12.1 Å². The Hall–Kier alpha value is -1.69. The number of amides is 1. The Morgan fingerprint density at radius 2 is 2.17 bits per heavy atom. The van der Waals surface area contributed by atoms with Gasteiger partial charge < -0.3 is 16.4 Å². The summed E-state index contributed by atoms with van der Waals surface area (Å²) in [5.41, 5.74) is 11.2. The summed E-state index contributed by atoms with van der Waals surface area (Å²) in [6.45, 7) is 1.55. The first kappa shape index (κ1) is 12.8. The highest BCUT2D eigenvalue weighted by molar-refractivity contribution is 5.90. The van der Waals surface area contributed by atoms with Gasteiger partial charge in [-0.2, -0.15) is 0 Å². The number of nitrogens with two attached hydrogens (primary N) is 2. The third-order valence-corrected chi connectivity index (χ3v) is 3.35. The first-order chi connectivity index (χ1) is 8.72. The van der Waals surface area contributed by atoms with Crippen LogP contribution in [0.1, 0.15) is 36.2 Å². The van der Waals surface area contributed by atoms with Crippen LogP contribution in [0.2, 0.25) is 0 Å². The van der Waals surface area contributed by atoms with Gasteiger partial charge in [-0.15, -0.1) is 10.2 Å². The molecule has 1 aromatic heterocycles. The molecular weight excluding hydrogens is 230 g/mol. The Kier molecular flexibility index (Phi) is 4.09. The van der Waals surface area contributed by atoms with Crippen molar-refractivity contribution < 1.29 is 4.79 Å². The Balaban J connectivity index is 2.19. The van der Waals surface area contributed by atoms with Gasteiger partial charge in [0.05, 0.1) is 0 Å². The largest absolute Gasteiger partial charge is 0.364 e. The van der Waals surface area contributed by atoms with E-state index in [0.29, 0.717) is 12.6 Å². The zero-order chi connectivity index (χ0) is 13.0. The van der Waals surface area contributed by atoms with Gasteiger partial charge in [-0.05, 0) is 25.0 Å². The molecule has 0 bridgehead atoms. The number of hydrogen-bond acceptors (Lipinski definition) is 5.